The van der Waals surface area contributed by atoms with Gasteiger partial charge in [0.05, 0.1) is 6.20 Å². The lowest BCUT2D eigenvalue weighted by Gasteiger charge is -2.06. The van der Waals surface area contributed by atoms with Crippen molar-refractivity contribution in [3.8, 4) is 5.82 Å². The number of carboxylic acids is 1. The highest BCUT2D eigenvalue weighted by atomic mass is 79.9. The minimum Gasteiger partial charge on any atom is -0.478 e. The Kier molecular flexibility index (Phi) is 3.37. The summed E-state index contributed by atoms with van der Waals surface area (Å²) in [4.78, 5) is 14.7. The molecule has 18 heavy (non-hydrogen) atoms. The number of hydrogen-bond acceptors (Lipinski definition) is 3. The van der Waals surface area contributed by atoms with Crippen LogP contribution in [0.25, 0.3) is 5.82 Å². The number of aromatic carboxylic acids is 1. The monoisotopic (exact) mass is 317 g/mol. The maximum absolute atomic E-state index is 12.9. The van der Waals surface area contributed by atoms with Gasteiger partial charge in [-0.05, 0) is 28.1 Å². The zero-order valence-corrected chi connectivity index (χ0v) is 10.3. The van der Waals surface area contributed by atoms with Crippen molar-refractivity contribution in [3.63, 3.8) is 0 Å². The van der Waals surface area contributed by atoms with Crippen LogP contribution in [0.5, 0.6) is 0 Å². The Labute approximate surface area is 108 Å². The van der Waals surface area contributed by atoms with Gasteiger partial charge in [-0.3, -0.25) is 0 Å². The van der Waals surface area contributed by atoms with E-state index in [1.165, 1.54) is 12.3 Å². The van der Waals surface area contributed by atoms with Crippen molar-refractivity contribution in [1.82, 2.24) is 14.8 Å². The van der Waals surface area contributed by atoms with Gasteiger partial charge in [0.15, 0.2) is 5.82 Å². The predicted octanol–water partition coefficient (Wildman–Crippen LogP) is 2.67. The molecular weight excluding hydrogens is 312 g/mol. The first-order valence-electron chi connectivity index (χ1n) is 4.72. The smallest absolute Gasteiger partial charge is 0.339 e. The Morgan fingerprint density at radius 2 is 2.11 bits per heavy atom. The molecule has 0 spiro atoms. The highest BCUT2D eigenvalue weighted by molar-refractivity contribution is 9.10. The Hall–Kier alpha value is -1.83. The third-order valence-corrected chi connectivity index (χ3v) is 2.64. The fourth-order valence-corrected chi connectivity index (χ4v) is 1.64. The minimum atomic E-state index is -2.95. The number of pyridine rings is 1. The van der Waals surface area contributed by atoms with Crippen LogP contribution in [-0.4, -0.2) is 25.8 Å². The van der Waals surface area contributed by atoms with Gasteiger partial charge in [0.2, 0.25) is 0 Å². The summed E-state index contributed by atoms with van der Waals surface area (Å²) in [6.07, 6.45) is -0.663. The van der Waals surface area contributed by atoms with Crippen LogP contribution in [0.15, 0.2) is 29.0 Å². The van der Waals surface area contributed by atoms with Gasteiger partial charge in [0.1, 0.15) is 11.3 Å². The third kappa shape index (κ3) is 2.23. The molecule has 5 nitrogen and oxygen atoms in total. The van der Waals surface area contributed by atoms with E-state index in [1.54, 1.807) is 6.07 Å². The number of halogens is 3. The summed E-state index contributed by atoms with van der Waals surface area (Å²) in [5, 5.41) is 12.4. The normalized spacial score (nSPS) is 10.9. The van der Waals surface area contributed by atoms with E-state index in [1.807, 2.05) is 0 Å². The zero-order valence-electron chi connectivity index (χ0n) is 8.72. The maximum atomic E-state index is 12.9. The summed E-state index contributed by atoms with van der Waals surface area (Å²) in [5.41, 5.74) is -1.22. The second-order valence-electron chi connectivity index (χ2n) is 3.30. The molecule has 0 bridgehead atoms. The van der Waals surface area contributed by atoms with E-state index in [0.717, 1.165) is 10.9 Å². The largest absolute Gasteiger partial charge is 0.478 e. The zero-order chi connectivity index (χ0) is 13.3. The molecule has 94 valence electrons. The van der Waals surface area contributed by atoms with Gasteiger partial charge in [-0.25, -0.2) is 23.2 Å². The number of carbonyl (C=O) groups is 1. The van der Waals surface area contributed by atoms with Crippen molar-refractivity contribution >= 4 is 21.9 Å². The average Bonchev–Trinajstić information content (AvgIpc) is 2.74. The number of aromatic nitrogens is 3. The van der Waals surface area contributed by atoms with Crippen LogP contribution in [-0.2, 0) is 0 Å². The molecule has 0 saturated carbocycles. The molecule has 2 aromatic rings. The lowest BCUT2D eigenvalue weighted by atomic mass is 10.2. The Balaban J connectivity index is 2.57. The van der Waals surface area contributed by atoms with Crippen LogP contribution < -0.4 is 0 Å². The first-order valence-corrected chi connectivity index (χ1v) is 5.51. The Morgan fingerprint density at radius 1 is 1.39 bits per heavy atom. The molecule has 0 aliphatic carbocycles. The lowest BCUT2D eigenvalue weighted by molar-refractivity contribution is 0.0683. The van der Waals surface area contributed by atoms with Crippen molar-refractivity contribution < 1.29 is 18.7 Å². The molecule has 0 aliphatic heterocycles. The fraction of sp³-hybridized carbons (Fsp3) is 0.100. The summed E-state index contributed by atoms with van der Waals surface area (Å²) in [5.74, 6) is -1.32. The molecule has 2 heterocycles. The molecule has 0 amide bonds. The molecule has 0 atom stereocenters. The molecule has 0 unspecified atom stereocenters. The summed E-state index contributed by atoms with van der Waals surface area (Å²) in [6, 6.07) is 3.05. The van der Waals surface area contributed by atoms with Gasteiger partial charge in [-0.1, -0.05) is 0 Å². The van der Waals surface area contributed by atoms with E-state index >= 15 is 0 Å². The van der Waals surface area contributed by atoms with Crippen LogP contribution in [0, 0.1) is 0 Å². The number of rotatable bonds is 3. The lowest BCUT2D eigenvalue weighted by Crippen LogP contribution is -2.08. The van der Waals surface area contributed by atoms with Crippen molar-refractivity contribution in [2.45, 2.75) is 6.43 Å². The number of alkyl halides is 2. The summed E-state index contributed by atoms with van der Waals surface area (Å²) >= 11 is 3.16. The van der Waals surface area contributed by atoms with Crippen LogP contribution in [0.1, 0.15) is 22.5 Å². The van der Waals surface area contributed by atoms with E-state index in [2.05, 4.69) is 26.0 Å². The molecule has 0 radical (unpaired) electrons. The molecule has 2 aromatic heterocycles. The summed E-state index contributed by atoms with van der Waals surface area (Å²) in [7, 11) is 0. The topological polar surface area (TPSA) is 68.0 Å². The van der Waals surface area contributed by atoms with Gasteiger partial charge in [0, 0.05) is 10.7 Å². The molecule has 8 heteroatoms. The average molecular weight is 318 g/mol. The Bertz CT molecular complexity index is 583. The highest BCUT2D eigenvalue weighted by Gasteiger charge is 2.25. The van der Waals surface area contributed by atoms with Crippen molar-refractivity contribution in [3.05, 3.63) is 40.3 Å². The van der Waals surface area contributed by atoms with Crippen molar-refractivity contribution in [2.24, 2.45) is 0 Å². The van der Waals surface area contributed by atoms with Gasteiger partial charge >= 0.3 is 5.97 Å². The van der Waals surface area contributed by atoms with Crippen LogP contribution in [0.2, 0.25) is 0 Å². The molecule has 1 N–H and O–H groups in total. The van der Waals surface area contributed by atoms with Crippen molar-refractivity contribution in [2.75, 3.05) is 0 Å². The fourth-order valence-electron chi connectivity index (χ4n) is 1.41. The quantitative estimate of drug-likeness (QED) is 0.945. The predicted molar refractivity (Wildman–Crippen MR) is 61.0 cm³/mol. The van der Waals surface area contributed by atoms with E-state index < -0.39 is 23.7 Å². The Morgan fingerprint density at radius 3 is 2.61 bits per heavy atom. The number of carboxylic acid groups (broad SMARTS) is 1. The molecule has 0 aromatic carbocycles. The minimum absolute atomic E-state index is 0.126. The first-order chi connectivity index (χ1) is 8.50. The van der Waals surface area contributed by atoms with Gasteiger partial charge in [-0.2, -0.15) is 5.10 Å². The first kappa shape index (κ1) is 12.6. The van der Waals surface area contributed by atoms with Crippen molar-refractivity contribution in [1.29, 1.82) is 0 Å². The van der Waals surface area contributed by atoms with Crippen LogP contribution in [0.3, 0.4) is 0 Å². The molecule has 0 fully saturated rings. The standard InChI is InChI=1S/C10H6BrF2N3O2/c11-5-1-2-7(14-3-5)16-8(9(12)13)6(4-15-16)10(17)18/h1-4,9H,(H,17,18). The second kappa shape index (κ2) is 4.81. The van der Waals surface area contributed by atoms with Crippen LogP contribution >= 0.6 is 15.9 Å². The van der Waals surface area contributed by atoms with Gasteiger partial charge in [-0.15, -0.1) is 0 Å². The molecule has 0 aliphatic rings. The van der Waals surface area contributed by atoms with Gasteiger partial charge < -0.3 is 5.11 Å². The molecule has 2 rings (SSSR count). The molecular formula is C10H6BrF2N3O2. The number of nitrogens with zero attached hydrogens (tertiary/aromatic N) is 3. The van der Waals surface area contributed by atoms with E-state index in [0.29, 0.717) is 4.47 Å². The number of hydrogen-bond donors (Lipinski definition) is 1. The SMILES string of the molecule is O=C(O)c1cnn(-c2ccc(Br)cn2)c1C(F)F. The summed E-state index contributed by atoms with van der Waals surface area (Å²) < 4.78 is 27.3. The van der Waals surface area contributed by atoms with E-state index in [9.17, 15) is 13.6 Å². The van der Waals surface area contributed by atoms with E-state index in [4.69, 9.17) is 5.11 Å². The third-order valence-electron chi connectivity index (χ3n) is 2.17. The molecule has 0 saturated heterocycles. The summed E-state index contributed by atoms with van der Waals surface area (Å²) in [6.45, 7) is 0. The van der Waals surface area contributed by atoms with Crippen LogP contribution in [0.4, 0.5) is 8.78 Å². The second-order valence-corrected chi connectivity index (χ2v) is 4.21. The van der Waals surface area contributed by atoms with Gasteiger partial charge in [0.25, 0.3) is 6.43 Å². The maximum Gasteiger partial charge on any atom is 0.339 e. The van der Waals surface area contributed by atoms with E-state index in [-0.39, 0.29) is 5.82 Å². The highest BCUT2D eigenvalue weighted by Crippen LogP contribution is 2.25.